The average molecular weight is 693 g/mol. The molecular weight excluding hydrogens is 684 g/mol. The monoisotopic (exact) mass is 692 g/mol. The summed E-state index contributed by atoms with van der Waals surface area (Å²) in [6, 6.07) is 4.15. The topological polar surface area (TPSA) is 90.2 Å². The first-order valence-electron chi connectivity index (χ1n) is 10.2. The van der Waals surface area contributed by atoms with E-state index in [9.17, 15) is 71.1 Å². The molecule has 41 heavy (non-hydrogen) atoms. The molecule has 0 spiro atoms. The number of fused-ring (bicyclic) bond motifs is 1. The number of benzene rings is 2. The lowest BCUT2D eigenvalue weighted by atomic mass is 9.87. The van der Waals surface area contributed by atoms with Crippen LogP contribution in [0.3, 0.4) is 0 Å². The second kappa shape index (κ2) is 9.92. The van der Waals surface area contributed by atoms with Crippen LogP contribution < -0.4 is 10.0 Å². The van der Waals surface area contributed by atoms with Crippen LogP contribution in [0.25, 0.3) is 10.9 Å². The number of nitrogens with one attached hydrogen (secondary N) is 1. The molecule has 1 unspecified atom stereocenters. The number of carbonyl (C=O) groups is 1. The highest BCUT2D eigenvalue weighted by molar-refractivity contribution is 9.10. The van der Waals surface area contributed by atoms with E-state index in [2.05, 4.69) is 15.9 Å². The zero-order valence-corrected chi connectivity index (χ0v) is 21.4. The molecule has 3 rings (SSSR count). The van der Waals surface area contributed by atoms with Gasteiger partial charge in [0.25, 0.3) is 15.7 Å². The first-order valence-corrected chi connectivity index (χ1v) is 12.4. The Morgan fingerprint density at radius 2 is 1.44 bits per heavy atom. The molecule has 0 aliphatic rings. The van der Waals surface area contributed by atoms with Gasteiger partial charge >= 0.3 is 29.5 Å². The molecule has 1 N–H and O–H groups in total. The van der Waals surface area contributed by atoms with Crippen molar-refractivity contribution in [3.63, 3.8) is 0 Å². The SMILES string of the molecule is O=C(Nc1c(Br)cc(C(F)(C(F)(F)F)C(F)(F)C(F)(F)F)cc1S(=O)(=O)C(F)(F)F)c1ccc2ccc[n+]([O-])c2c1. The van der Waals surface area contributed by atoms with Crippen molar-refractivity contribution in [2.75, 3.05) is 5.32 Å². The van der Waals surface area contributed by atoms with Crippen molar-refractivity contribution in [2.24, 2.45) is 0 Å². The highest BCUT2D eigenvalue weighted by Gasteiger charge is 2.82. The van der Waals surface area contributed by atoms with Crippen LogP contribution in [0.15, 0.2) is 58.0 Å². The fourth-order valence-corrected chi connectivity index (χ4v) is 5.12. The summed E-state index contributed by atoms with van der Waals surface area (Å²) in [5.74, 6) is -8.87. The van der Waals surface area contributed by atoms with E-state index in [4.69, 9.17) is 0 Å². The van der Waals surface area contributed by atoms with E-state index in [1.165, 1.54) is 12.1 Å². The number of hydrogen-bond donors (Lipinski definition) is 1. The van der Waals surface area contributed by atoms with Crippen LogP contribution in [0.2, 0.25) is 0 Å². The van der Waals surface area contributed by atoms with Crippen molar-refractivity contribution >= 4 is 48.3 Å². The average Bonchev–Trinajstić information content (AvgIpc) is 2.82. The summed E-state index contributed by atoms with van der Waals surface area (Å²) in [6.07, 6.45) is -13.5. The molecule has 0 aliphatic carbocycles. The zero-order chi connectivity index (χ0) is 31.6. The summed E-state index contributed by atoms with van der Waals surface area (Å²) in [6.45, 7) is 0. The van der Waals surface area contributed by atoms with Gasteiger partial charge in [0.15, 0.2) is 6.20 Å². The lowest BCUT2D eigenvalue weighted by molar-refractivity contribution is -0.577. The van der Waals surface area contributed by atoms with Gasteiger partial charge in [0.05, 0.1) is 5.69 Å². The minimum Gasteiger partial charge on any atom is -0.618 e. The second-order valence-corrected chi connectivity index (χ2v) is 10.8. The maximum absolute atomic E-state index is 15.0. The number of amides is 1. The van der Waals surface area contributed by atoms with Gasteiger partial charge in [0.2, 0.25) is 5.52 Å². The molecule has 1 aromatic heterocycles. The van der Waals surface area contributed by atoms with Gasteiger partial charge in [-0.25, -0.2) is 12.8 Å². The molecule has 224 valence electrons. The number of pyridine rings is 1. The van der Waals surface area contributed by atoms with E-state index in [0.717, 1.165) is 24.4 Å². The van der Waals surface area contributed by atoms with Crippen LogP contribution in [0, 0.1) is 5.21 Å². The van der Waals surface area contributed by atoms with Crippen LogP contribution in [0.1, 0.15) is 15.9 Å². The fraction of sp³-hybridized carbons (Fsp3) is 0.238. The maximum atomic E-state index is 15.0. The summed E-state index contributed by atoms with van der Waals surface area (Å²) in [5.41, 5.74) is -18.5. The minimum absolute atomic E-state index is 0.195. The predicted molar refractivity (Wildman–Crippen MR) is 118 cm³/mol. The predicted octanol–water partition coefficient (Wildman–Crippen LogP) is 6.71. The Kier molecular flexibility index (Phi) is 7.79. The van der Waals surface area contributed by atoms with Crippen LogP contribution in [-0.4, -0.2) is 38.1 Å². The first-order chi connectivity index (χ1) is 18.4. The molecule has 0 fully saturated rings. The maximum Gasteiger partial charge on any atom is 0.501 e. The Labute approximate surface area is 228 Å². The van der Waals surface area contributed by atoms with Crippen molar-refractivity contribution in [3.05, 3.63) is 69.5 Å². The smallest absolute Gasteiger partial charge is 0.501 e. The largest absolute Gasteiger partial charge is 0.618 e. The number of alkyl halides is 12. The molecular formula is C21H9BrF12N2O4S. The van der Waals surface area contributed by atoms with E-state index >= 15 is 0 Å². The molecule has 0 saturated heterocycles. The van der Waals surface area contributed by atoms with Gasteiger partial charge in [-0.2, -0.15) is 53.0 Å². The molecule has 1 amide bonds. The third-order valence-corrected chi connectivity index (χ3v) is 7.63. The summed E-state index contributed by atoms with van der Waals surface area (Å²) in [4.78, 5) is 10.2. The standard InChI is InChI=1S/C21H9BrF12N2O4S/c22-12-7-11(17(23,19(26,27)28)18(24,25)20(29,30)31)8-14(41(39,40)21(32,33)34)15(12)35-16(37)10-4-3-9-2-1-5-36(38)13(9)6-10/h1-8H,(H,35,37). The number of aromatic nitrogens is 1. The lowest BCUT2D eigenvalue weighted by Gasteiger charge is -2.36. The second-order valence-electron chi connectivity index (χ2n) is 8.07. The number of rotatable bonds is 5. The molecule has 0 bridgehead atoms. The Morgan fingerprint density at radius 1 is 0.854 bits per heavy atom. The van der Waals surface area contributed by atoms with E-state index < -0.39 is 83.5 Å². The van der Waals surface area contributed by atoms with Gasteiger partial charge in [0, 0.05) is 33.1 Å². The van der Waals surface area contributed by atoms with Gasteiger partial charge in [0.1, 0.15) is 4.90 Å². The van der Waals surface area contributed by atoms with Crippen molar-refractivity contribution < 1.29 is 70.6 Å². The quantitative estimate of drug-likeness (QED) is 0.183. The van der Waals surface area contributed by atoms with E-state index in [1.807, 2.05) is 0 Å². The Bertz CT molecular complexity index is 1640. The first kappa shape index (κ1) is 32.2. The van der Waals surface area contributed by atoms with Crippen molar-refractivity contribution in [2.45, 2.75) is 34.3 Å². The number of sulfone groups is 1. The fourth-order valence-electron chi connectivity index (χ4n) is 3.46. The number of anilines is 1. The molecule has 2 aromatic carbocycles. The zero-order valence-electron chi connectivity index (χ0n) is 19.0. The minimum atomic E-state index is -7.35. The van der Waals surface area contributed by atoms with Gasteiger partial charge in [-0.05, 0) is 46.3 Å². The van der Waals surface area contributed by atoms with Gasteiger partial charge < -0.3 is 10.5 Å². The number of halogens is 13. The van der Waals surface area contributed by atoms with Crippen LogP contribution in [-0.2, 0) is 15.5 Å². The number of carbonyl (C=O) groups excluding carboxylic acids is 1. The molecule has 0 radical (unpaired) electrons. The molecule has 6 nitrogen and oxygen atoms in total. The number of hydrogen-bond acceptors (Lipinski definition) is 4. The van der Waals surface area contributed by atoms with Crippen LogP contribution >= 0.6 is 15.9 Å². The number of nitrogens with zero attached hydrogens (tertiary/aromatic N) is 1. The van der Waals surface area contributed by atoms with Gasteiger partial charge in [-0.1, -0.05) is 0 Å². The van der Waals surface area contributed by atoms with E-state index in [-0.39, 0.29) is 15.6 Å². The Morgan fingerprint density at radius 3 is 1.95 bits per heavy atom. The van der Waals surface area contributed by atoms with Gasteiger partial charge in [-0.3, -0.25) is 4.79 Å². The highest BCUT2D eigenvalue weighted by Crippen LogP contribution is 2.59. The Hall–Kier alpha value is -3.29. The summed E-state index contributed by atoms with van der Waals surface area (Å²) < 4.78 is 185. The van der Waals surface area contributed by atoms with Crippen molar-refractivity contribution in [3.8, 4) is 0 Å². The summed E-state index contributed by atoms with van der Waals surface area (Å²) in [5, 5.41) is 13.7. The van der Waals surface area contributed by atoms with Crippen LogP contribution in [0.5, 0.6) is 0 Å². The van der Waals surface area contributed by atoms with Crippen LogP contribution in [0.4, 0.5) is 58.4 Å². The summed E-state index contributed by atoms with van der Waals surface area (Å²) >= 11 is 2.23. The lowest BCUT2D eigenvalue weighted by Crippen LogP contribution is -2.59. The van der Waals surface area contributed by atoms with Gasteiger partial charge in [-0.15, -0.1) is 0 Å². The molecule has 1 atom stereocenters. The Balaban J connectivity index is 2.32. The summed E-state index contributed by atoms with van der Waals surface area (Å²) in [7, 11) is -6.97. The third-order valence-electron chi connectivity index (χ3n) is 5.49. The molecule has 0 aliphatic heterocycles. The molecule has 20 heteroatoms. The molecule has 3 aromatic rings. The highest BCUT2D eigenvalue weighted by atomic mass is 79.9. The molecule has 1 heterocycles. The molecule has 0 saturated carbocycles. The van der Waals surface area contributed by atoms with E-state index in [1.54, 1.807) is 5.32 Å². The third kappa shape index (κ3) is 5.26. The van der Waals surface area contributed by atoms with Crippen molar-refractivity contribution in [1.29, 1.82) is 0 Å². The normalized spacial score (nSPS) is 15.0. The van der Waals surface area contributed by atoms with Crippen molar-refractivity contribution in [1.82, 2.24) is 0 Å². The van der Waals surface area contributed by atoms with E-state index in [0.29, 0.717) is 0 Å².